The second-order valence-electron chi connectivity index (χ2n) is 5.80. The van der Waals surface area contributed by atoms with Gasteiger partial charge in [0.25, 0.3) is 0 Å². The molecule has 2 aromatic heterocycles. The van der Waals surface area contributed by atoms with Crippen LogP contribution in [0.2, 0.25) is 0 Å². The quantitative estimate of drug-likeness (QED) is 0.890. The Hall–Kier alpha value is -2.70. The van der Waals surface area contributed by atoms with Crippen molar-refractivity contribution in [1.82, 2.24) is 20.2 Å². The van der Waals surface area contributed by atoms with Gasteiger partial charge in [0.15, 0.2) is 0 Å². The SMILES string of the molecule is O=C1CCC(C(=O)N2CCc3oc(-c4cccnc4)nc3C2)N1. The van der Waals surface area contributed by atoms with E-state index in [1.54, 1.807) is 17.3 Å². The summed E-state index contributed by atoms with van der Waals surface area (Å²) >= 11 is 0. The number of fused-ring (bicyclic) bond motifs is 1. The Morgan fingerprint density at radius 2 is 2.30 bits per heavy atom. The molecule has 2 amide bonds. The van der Waals surface area contributed by atoms with E-state index in [-0.39, 0.29) is 11.8 Å². The molecule has 7 heteroatoms. The summed E-state index contributed by atoms with van der Waals surface area (Å²) in [5, 5.41) is 2.72. The maximum Gasteiger partial charge on any atom is 0.245 e. The van der Waals surface area contributed by atoms with Crippen LogP contribution in [0.15, 0.2) is 28.9 Å². The molecule has 0 aromatic carbocycles. The lowest BCUT2D eigenvalue weighted by atomic mass is 10.1. The normalized spacial score (nSPS) is 20.3. The second kappa shape index (κ2) is 5.49. The number of amides is 2. The van der Waals surface area contributed by atoms with Crippen molar-refractivity contribution in [3.63, 3.8) is 0 Å². The summed E-state index contributed by atoms with van der Waals surface area (Å²) in [7, 11) is 0. The number of nitrogens with one attached hydrogen (secondary N) is 1. The molecule has 0 bridgehead atoms. The van der Waals surface area contributed by atoms with Gasteiger partial charge in [0.05, 0.1) is 12.1 Å². The lowest BCUT2D eigenvalue weighted by molar-refractivity contribution is -0.135. The van der Waals surface area contributed by atoms with Gasteiger partial charge in [-0.2, -0.15) is 0 Å². The molecular formula is C16H16N4O3. The van der Waals surface area contributed by atoms with Crippen molar-refractivity contribution >= 4 is 11.8 Å². The van der Waals surface area contributed by atoms with Crippen LogP contribution in [0.1, 0.15) is 24.3 Å². The van der Waals surface area contributed by atoms with E-state index in [0.29, 0.717) is 38.2 Å². The van der Waals surface area contributed by atoms with Gasteiger partial charge in [-0.1, -0.05) is 0 Å². The molecule has 0 saturated carbocycles. The molecule has 0 spiro atoms. The first kappa shape index (κ1) is 13.9. The number of rotatable bonds is 2. The molecule has 1 unspecified atom stereocenters. The van der Waals surface area contributed by atoms with Gasteiger partial charge in [-0.3, -0.25) is 14.6 Å². The predicted octanol–water partition coefficient (Wildman–Crippen LogP) is 0.900. The minimum absolute atomic E-state index is 0.0348. The van der Waals surface area contributed by atoms with E-state index in [9.17, 15) is 9.59 Å². The van der Waals surface area contributed by atoms with Crippen molar-refractivity contribution in [2.24, 2.45) is 0 Å². The summed E-state index contributed by atoms with van der Waals surface area (Å²) in [4.78, 5) is 34.1. The van der Waals surface area contributed by atoms with E-state index in [1.165, 1.54) is 0 Å². The Morgan fingerprint density at radius 3 is 3.04 bits per heavy atom. The molecule has 1 N–H and O–H groups in total. The largest absolute Gasteiger partial charge is 0.441 e. The Kier molecular flexibility index (Phi) is 3.33. The van der Waals surface area contributed by atoms with E-state index in [0.717, 1.165) is 17.0 Å². The highest BCUT2D eigenvalue weighted by Gasteiger charge is 2.33. The average molecular weight is 312 g/mol. The van der Waals surface area contributed by atoms with Crippen LogP contribution in [0.25, 0.3) is 11.5 Å². The fourth-order valence-electron chi connectivity index (χ4n) is 3.02. The van der Waals surface area contributed by atoms with Crippen molar-refractivity contribution in [3.05, 3.63) is 36.0 Å². The summed E-state index contributed by atoms with van der Waals surface area (Å²) in [5.74, 6) is 1.27. The Labute approximate surface area is 132 Å². The number of hydrogen-bond acceptors (Lipinski definition) is 5. The van der Waals surface area contributed by atoms with Gasteiger partial charge >= 0.3 is 0 Å². The zero-order chi connectivity index (χ0) is 15.8. The van der Waals surface area contributed by atoms with E-state index in [2.05, 4.69) is 15.3 Å². The van der Waals surface area contributed by atoms with Gasteiger partial charge in [-0.25, -0.2) is 4.98 Å². The van der Waals surface area contributed by atoms with Crippen LogP contribution in [-0.2, 0) is 22.6 Å². The second-order valence-corrected chi connectivity index (χ2v) is 5.80. The van der Waals surface area contributed by atoms with Gasteiger partial charge in [0.1, 0.15) is 17.5 Å². The molecule has 23 heavy (non-hydrogen) atoms. The van der Waals surface area contributed by atoms with Crippen LogP contribution in [0.5, 0.6) is 0 Å². The molecule has 2 aliphatic heterocycles. The summed E-state index contributed by atoms with van der Waals surface area (Å²) in [6.07, 6.45) is 5.03. The predicted molar refractivity (Wildman–Crippen MR) is 80.0 cm³/mol. The zero-order valence-electron chi connectivity index (χ0n) is 12.5. The minimum atomic E-state index is -0.395. The van der Waals surface area contributed by atoms with E-state index in [4.69, 9.17) is 4.42 Å². The molecule has 7 nitrogen and oxygen atoms in total. The highest BCUT2D eigenvalue weighted by molar-refractivity contribution is 5.90. The van der Waals surface area contributed by atoms with Crippen LogP contribution < -0.4 is 5.32 Å². The Morgan fingerprint density at radius 1 is 1.39 bits per heavy atom. The van der Waals surface area contributed by atoms with Gasteiger partial charge in [0.2, 0.25) is 17.7 Å². The highest BCUT2D eigenvalue weighted by Crippen LogP contribution is 2.26. The van der Waals surface area contributed by atoms with E-state index in [1.807, 2.05) is 12.1 Å². The number of nitrogens with zero attached hydrogens (tertiary/aromatic N) is 3. The molecule has 2 aromatic rings. The number of carbonyl (C=O) groups is 2. The monoisotopic (exact) mass is 312 g/mol. The lowest BCUT2D eigenvalue weighted by Crippen LogP contribution is -2.46. The number of carbonyl (C=O) groups excluding carboxylic acids is 2. The van der Waals surface area contributed by atoms with Gasteiger partial charge in [-0.15, -0.1) is 0 Å². The molecule has 0 aliphatic carbocycles. The summed E-state index contributed by atoms with van der Waals surface area (Å²) < 4.78 is 5.80. The maximum absolute atomic E-state index is 12.5. The topological polar surface area (TPSA) is 88.3 Å². The minimum Gasteiger partial charge on any atom is -0.441 e. The standard InChI is InChI=1S/C16H16N4O3/c21-14-4-3-11(18-14)16(22)20-7-5-13-12(9-20)19-15(23-13)10-2-1-6-17-8-10/h1-2,6,8,11H,3-5,7,9H2,(H,18,21). The first-order chi connectivity index (χ1) is 11.2. The Balaban J connectivity index is 1.52. The van der Waals surface area contributed by atoms with Crippen LogP contribution >= 0.6 is 0 Å². The van der Waals surface area contributed by atoms with Crippen molar-refractivity contribution in [3.8, 4) is 11.5 Å². The summed E-state index contributed by atoms with van der Waals surface area (Å²) in [6.45, 7) is 1.00. The summed E-state index contributed by atoms with van der Waals surface area (Å²) in [5.41, 5.74) is 1.61. The molecule has 0 radical (unpaired) electrons. The first-order valence-electron chi connectivity index (χ1n) is 7.68. The third-order valence-corrected chi connectivity index (χ3v) is 4.24. The van der Waals surface area contributed by atoms with Crippen LogP contribution in [0, 0.1) is 0 Å². The summed E-state index contributed by atoms with van der Waals surface area (Å²) in [6, 6.07) is 3.33. The molecule has 118 valence electrons. The average Bonchev–Trinajstić information content (AvgIpc) is 3.20. The smallest absolute Gasteiger partial charge is 0.245 e. The van der Waals surface area contributed by atoms with Crippen molar-refractivity contribution in [2.45, 2.75) is 31.8 Å². The lowest BCUT2D eigenvalue weighted by Gasteiger charge is -2.27. The number of oxazole rings is 1. The molecule has 1 atom stereocenters. The van der Waals surface area contributed by atoms with Crippen LogP contribution in [0.4, 0.5) is 0 Å². The fourth-order valence-corrected chi connectivity index (χ4v) is 3.02. The molecule has 2 aliphatic rings. The van der Waals surface area contributed by atoms with Crippen molar-refractivity contribution in [1.29, 1.82) is 0 Å². The molecule has 1 fully saturated rings. The third-order valence-electron chi connectivity index (χ3n) is 4.24. The number of hydrogen-bond donors (Lipinski definition) is 1. The number of aromatic nitrogens is 2. The highest BCUT2D eigenvalue weighted by atomic mass is 16.4. The third kappa shape index (κ3) is 2.58. The van der Waals surface area contributed by atoms with Crippen molar-refractivity contribution < 1.29 is 14.0 Å². The Bertz CT molecular complexity index is 756. The van der Waals surface area contributed by atoms with Gasteiger partial charge < -0.3 is 14.6 Å². The first-order valence-corrected chi connectivity index (χ1v) is 7.68. The van der Waals surface area contributed by atoms with Crippen LogP contribution in [0.3, 0.4) is 0 Å². The van der Waals surface area contributed by atoms with Gasteiger partial charge in [0, 0.05) is 31.8 Å². The van der Waals surface area contributed by atoms with Crippen molar-refractivity contribution in [2.75, 3.05) is 6.54 Å². The fraction of sp³-hybridized carbons (Fsp3) is 0.375. The van der Waals surface area contributed by atoms with E-state index >= 15 is 0 Å². The molecule has 4 heterocycles. The van der Waals surface area contributed by atoms with Crippen LogP contribution in [-0.4, -0.2) is 39.3 Å². The molecule has 1 saturated heterocycles. The zero-order valence-corrected chi connectivity index (χ0v) is 12.5. The molecular weight excluding hydrogens is 296 g/mol. The maximum atomic E-state index is 12.5. The van der Waals surface area contributed by atoms with Gasteiger partial charge in [-0.05, 0) is 18.6 Å². The molecule has 4 rings (SSSR count). The van der Waals surface area contributed by atoms with E-state index < -0.39 is 6.04 Å². The number of pyridine rings is 1.